The highest BCUT2D eigenvalue weighted by Gasteiger charge is 2.28. The standard InChI is InChI=1S/C31H41N5O3/c37-29(24-9-3-1-4-10-24)33-27-23-26(31(39)35-17-7-15-32-16-20-35)13-14-28(27)34-18-8-19-36(22-21-34)30(38)25-11-5-2-6-12-25/h1,3-4,9-10,13-14,23,25,32H,2,5-8,11-12,15-22H2,(H,33,37). The summed E-state index contributed by atoms with van der Waals surface area (Å²) in [5, 5.41) is 6.44. The molecule has 0 atom stereocenters. The van der Waals surface area contributed by atoms with E-state index in [1.54, 1.807) is 12.1 Å². The molecule has 3 amide bonds. The van der Waals surface area contributed by atoms with Crippen LogP contribution in [0, 0.1) is 5.92 Å². The predicted octanol–water partition coefficient (Wildman–Crippen LogP) is 3.99. The Morgan fingerprint density at radius 3 is 2.33 bits per heavy atom. The summed E-state index contributed by atoms with van der Waals surface area (Å²) in [6, 6.07) is 14.8. The Morgan fingerprint density at radius 1 is 0.718 bits per heavy atom. The topological polar surface area (TPSA) is 85.0 Å². The van der Waals surface area contributed by atoms with Crippen LogP contribution in [-0.4, -0.2) is 79.9 Å². The summed E-state index contributed by atoms with van der Waals surface area (Å²) in [5.74, 6) is 0.262. The zero-order valence-electron chi connectivity index (χ0n) is 22.9. The van der Waals surface area contributed by atoms with Crippen LogP contribution < -0.4 is 15.5 Å². The number of amides is 3. The Kier molecular flexibility index (Phi) is 9.14. The molecule has 3 aliphatic rings. The van der Waals surface area contributed by atoms with Crippen molar-refractivity contribution in [2.45, 2.75) is 44.9 Å². The smallest absolute Gasteiger partial charge is 0.255 e. The molecule has 0 bridgehead atoms. The van der Waals surface area contributed by atoms with Gasteiger partial charge in [0.1, 0.15) is 0 Å². The lowest BCUT2D eigenvalue weighted by Crippen LogP contribution is -2.39. The van der Waals surface area contributed by atoms with Crippen LogP contribution in [0.2, 0.25) is 0 Å². The number of carbonyl (C=O) groups is 3. The minimum absolute atomic E-state index is 0.0134. The van der Waals surface area contributed by atoms with Crippen molar-refractivity contribution in [1.29, 1.82) is 0 Å². The lowest BCUT2D eigenvalue weighted by molar-refractivity contribution is -0.136. The summed E-state index contributed by atoms with van der Waals surface area (Å²) < 4.78 is 0. The average Bonchev–Trinajstić information content (AvgIpc) is 3.41. The number of carbonyl (C=O) groups excluding carboxylic acids is 3. The van der Waals surface area contributed by atoms with Crippen molar-refractivity contribution in [3.05, 3.63) is 59.7 Å². The molecular formula is C31H41N5O3. The summed E-state index contributed by atoms with van der Waals surface area (Å²) in [6.45, 7) is 5.99. The van der Waals surface area contributed by atoms with Crippen LogP contribution in [0.1, 0.15) is 65.7 Å². The first-order valence-corrected chi connectivity index (χ1v) is 14.6. The quantitative estimate of drug-likeness (QED) is 0.610. The van der Waals surface area contributed by atoms with Gasteiger partial charge in [0.2, 0.25) is 5.91 Å². The van der Waals surface area contributed by atoms with Gasteiger partial charge in [-0.1, -0.05) is 37.5 Å². The number of hydrogen-bond acceptors (Lipinski definition) is 5. The van der Waals surface area contributed by atoms with Gasteiger partial charge in [0, 0.05) is 62.9 Å². The maximum absolute atomic E-state index is 13.4. The van der Waals surface area contributed by atoms with Gasteiger partial charge in [0.25, 0.3) is 11.8 Å². The Hall–Kier alpha value is -3.39. The van der Waals surface area contributed by atoms with Crippen molar-refractivity contribution in [2.75, 3.05) is 62.6 Å². The molecule has 8 heteroatoms. The maximum Gasteiger partial charge on any atom is 0.255 e. The van der Waals surface area contributed by atoms with Crippen LogP contribution in [0.5, 0.6) is 0 Å². The van der Waals surface area contributed by atoms with E-state index in [-0.39, 0.29) is 17.7 Å². The summed E-state index contributed by atoms with van der Waals surface area (Å²) in [5.41, 5.74) is 2.67. The molecule has 0 spiro atoms. The third-order valence-electron chi connectivity index (χ3n) is 8.26. The molecule has 1 aliphatic carbocycles. The van der Waals surface area contributed by atoms with Gasteiger partial charge in [-0.15, -0.1) is 0 Å². The third-order valence-corrected chi connectivity index (χ3v) is 8.26. The molecule has 0 aromatic heterocycles. The molecule has 2 aromatic rings. The van der Waals surface area contributed by atoms with Crippen LogP contribution in [-0.2, 0) is 4.79 Å². The van der Waals surface area contributed by atoms with Gasteiger partial charge in [0.15, 0.2) is 0 Å². The first-order valence-electron chi connectivity index (χ1n) is 14.6. The summed E-state index contributed by atoms with van der Waals surface area (Å²) in [4.78, 5) is 46.0. The van der Waals surface area contributed by atoms with Crippen molar-refractivity contribution < 1.29 is 14.4 Å². The molecule has 2 heterocycles. The molecule has 39 heavy (non-hydrogen) atoms. The Bertz CT molecular complexity index is 1140. The zero-order chi connectivity index (χ0) is 27.0. The average molecular weight is 532 g/mol. The predicted molar refractivity (Wildman–Crippen MR) is 154 cm³/mol. The fourth-order valence-corrected chi connectivity index (χ4v) is 6.05. The van der Waals surface area contributed by atoms with Crippen LogP contribution in [0.3, 0.4) is 0 Å². The van der Waals surface area contributed by atoms with Gasteiger partial charge in [0.05, 0.1) is 11.4 Å². The molecule has 2 aromatic carbocycles. The number of nitrogens with zero attached hydrogens (tertiary/aromatic N) is 3. The SMILES string of the molecule is O=C(Nc1cc(C(=O)N2CCCNCC2)ccc1N1CCCN(C(=O)C2CCCCC2)CC1)c1ccccc1. The number of benzene rings is 2. The molecule has 208 valence electrons. The van der Waals surface area contributed by atoms with Crippen molar-refractivity contribution >= 4 is 29.1 Å². The second-order valence-corrected chi connectivity index (χ2v) is 10.9. The fraction of sp³-hybridized carbons (Fsp3) is 0.516. The van der Waals surface area contributed by atoms with Crippen molar-refractivity contribution in [1.82, 2.24) is 15.1 Å². The highest BCUT2D eigenvalue weighted by atomic mass is 16.2. The van der Waals surface area contributed by atoms with Crippen LogP contribution in [0.15, 0.2) is 48.5 Å². The lowest BCUT2D eigenvalue weighted by Gasteiger charge is -2.29. The fourth-order valence-electron chi connectivity index (χ4n) is 6.05. The van der Waals surface area contributed by atoms with Crippen LogP contribution in [0.25, 0.3) is 0 Å². The number of rotatable bonds is 5. The van der Waals surface area contributed by atoms with Gasteiger partial charge in [-0.3, -0.25) is 14.4 Å². The van der Waals surface area contributed by atoms with Crippen molar-refractivity contribution in [3.63, 3.8) is 0 Å². The van der Waals surface area contributed by atoms with Gasteiger partial charge in [-0.25, -0.2) is 0 Å². The molecule has 5 rings (SSSR count). The molecule has 3 fully saturated rings. The second-order valence-electron chi connectivity index (χ2n) is 10.9. The van der Waals surface area contributed by atoms with E-state index in [1.165, 1.54) is 6.42 Å². The van der Waals surface area contributed by atoms with E-state index in [4.69, 9.17) is 0 Å². The molecule has 0 radical (unpaired) electrons. The maximum atomic E-state index is 13.4. The van der Waals surface area contributed by atoms with E-state index in [2.05, 4.69) is 15.5 Å². The number of anilines is 2. The molecule has 1 saturated carbocycles. The first-order chi connectivity index (χ1) is 19.1. The lowest BCUT2D eigenvalue weighted by atomic mass is 9.88. The molecule has 2 saturated heterocycles. The number of nitrogens with one attached hydrogen (secondary N) is 2. The molecule has 8 nitrogen and oxygen atoms in total. The monoisotopic (exact) mass is 531 g/mol. The highest BCUT2D eigenvalue weighted by Crippen LogP contribution is 2.31. The van der Waals surface area contributed by atoms with Gasteiger partial charge in [-0.05, 0) is 62.6 Å². The number of hydrogen-bond donors (Lipinski definition) is 2. The third kappa shape index (κ3) is 6.79. The van der Waals surface area contributed by atoms with Crippen LogP contribution in [0.4, 0.5) is 11.4 Å². The summed E-state index contributed by atoms with van der Waals surface area (Å²) >= 11 is 0. The van der Waals surface area contributed by atoms with Gasteiger partial charge in [-0.2, -0.15) is 0 Å². The van der Waals surface area contributed by atoms with E-state index in [0.29, 0.717) is 42.4 Å². The normalized spacial score (nSPS) is 19.2. The van der Waals surface area contributed by atoms with Crippen LogP contribution >= 0.6 is 0 Å². The largest absolute Gasteiger partial charge is 0.368 e. The Labute approximate surface area is 231 Å². The molecule has 2 N–H and O–H groups in total. The van der Waals surface area contributed by atoms with E-state index < -0.39 is 0 Å². The van der Waals surface area contributed by atoms with Crippen molar-refractivity contribution in [2.24, 2.45) is 5.92 Å². The van der Waals surface area contributed by atoms with Crippen molar-refractivity contribution in [3.8, 4) is 0 Å². The van der Waals surface area contributed by atoms with Gasteiger partial charge >= 0.3 is 0 Å². The molecule has 0 unspecified atom stereocenters. The zero-order valence-corrected chi connectivity index (χ0v) is 22.9. The second kappa shape index (κ2) is 13.1. The molecule has 2 aliphatic heterocycles. The van der Waals surface area contributed by atoms with E-state index in [1.807, 2.05) is 46.2 Å². The van der Waals surface area contributed by atoms with E-state index >= 15 is 0 Å². The summed E-state index contributed by atoms with van der Waals surface area (Å²) in [7, 11) is 0. The Balaban J connectivity index is 1.36. The van der Waals surface area contributed by atoms with E-state index in [0.717, 1.165) is 76.9 Å². The van der Waals surface area contributed by atoms with E-state index in [9.17, 15) is 14.4 Å². The van der Waals surface area contributed by atoms with Gasteiger partial charge < -0.3 is 25.3 Å². The molecular weight excluding hydrogens is 490 g/mol. The minimum atomic E-state index is -0.204. The highest BCUT2D eigenvalue weighted by molar-refractivity contribution is 6.07. The minimum Gasteiger partial charge on any atom is -0.368 e. The summed E-state index contributed by atoms with van der Waals surface area (Å²) in [6.07, 6.45) is 7.35. The first kappa shape index (κ1) is 27.2. The Morgan fingerprint density at radius 2 is 1.51 bits per heavy atom.